The Morgan fingerprint density at radius 2 is 1.03 bits per heavy atom. The van der Waals surface area contributed by atoms with Gasteiger partial charge in [-0.1, -0.05) is 18.2 Å². The fourth-order valence-electron chi connectivity index (χ4n) is 5.33. The van der Waals surface area contributed by atoms with Crippen molar-refractivity contribution in [2.24, 2.45) is 0 Å². The molecule has 0 nitrogen and oxygen atoms in total. The summed E-state index contributed by atoms with van der Waals surface area (Å²) in [5.74, 6) is -1.41. The summed E-state index contributed by atoms with van der Waals surface area (Å²) in [5.41, 5.74) is 6.69. The number of aryl methyl sites for hydroxylation is 1. The smallest absolute Gasteiger partial charge is 0.134 e. The van der Waals surface area contributed by atoms with Gasteiger partial charge in [-0.25, -0.2) is 13.2 Å². The molecule has 5 aromatic rings. The second kappa shape index (κ2) is 7.05. The lowest BCUT2D eigenvalue weighted by Gasteiger charge is -2.09. The van der Waals surface area contributed by atoms with E-state index in [0.29, 0.717) is 11.1 Å². The van der Waals surface area contributed by atoms with Crippen LogP contribution in [0.4, 0.5) is 13.2 Å². The van der Waals surface area contributed by atoms with E-state index in [1.165, 1.54) is 24.3 Å². The number of hydrogen-bond donors (Lipinski definition) is 0. The molecule has 0 fully saturated rings. The van der Waals surface area contributed by atoms with E-state index in [9.17, 15) is 8.78 Å². The van der Waals surface area contributed by atoms with Crippen LogP contribution in [-0.2, 0) is 0 Å². The summed E-state index contributed by atoms with van der Waals surface area (Å²) in [6.45, 7) is 1.92. The van der Waals surface area contributed by atoms with Gasteiger partial charge in [-0.3, -0.25) is 0 Å². The second-order valence-corrected chi connectivity index (χ2v) is 10.4. The maximum absolute atomic E-state index is 15.1. The lowest BCUT2D eigenvalue weighted by molar-refractivity contribution is 0.577. The molecule has 34 heavy (non-hydrogen) atoms. The van der Waals surface area contributed by atoms with Crippen LogP contribution in [0.25, 0.3) is 32.0 Å². The van der Waals surface area contributed by atoms with Crippen molar-refractivity contribution in [2.75, 3.05) is 0 Å². The van der Waals surface area contributed by atoms with Gasteiger partial charge in [-0.15, -0.1) is 22.7 Å². The van der Waals surface area contributed by atoms with Crippen molar-refractivity contribution in [1.29, 1.82) is 0 Å². The van der Waals surface area contributed by atoms with Crippen molar-refractivity contribution in [1.82, 2.24) is 0 Å². The zero-order chi connectivity index (χ0) is 23.1. The van der Waals surface area contributed by atoms with Crippen LogP contribution in [0.5, 0.6) is 0 Å². The first-order valence-corrected chi connectivity index (χ1v) is 12.6. The van der Waals surface area contributed by atoms with Crippen molar-refractivity contribution >= 4 is 33.8 Å². The van der Waals surface area contributed by atoms with E-state index in [1.807, 2.05) is 41.9 Å². The molecular formula is C29H15F3S2. The van der Waals surface area contributed by atoms with Gasteiger partial charge in [0.25, 0.3) is 0 Å². The highest BCUT2D eigenvalue weighted by Gasteiger charge is 2.31. The van der Waals surface area contributed by atoms with Gasteiger partial charge < -0.3 is 0 Å². The van der Waals surface area contributed by atoms with Gasteiger partial charge in [0.05, 0.1) is 5.56 Å². The van der Waals surface area contributed by atoms with Gasteiger partial charge in [0.1, 0.15) is 17.5 Å². The molecule has 0 aliphatic heterocycles. The SMILES string of the molecule is Cc1cccc(F)c1C1=c2cc3c(cc2-c2sccc21)=C(c1c(F)cccc1F)c1ccsc1-3. The Morgan fingerprint density at radius 1 is 0.559 bits per heavy atom. The first-order chi connectivity index (χ1) is 16.5. The van der Waals surface area contributed by atoms with E-state index >= 15 is 4.39 Å². The fraction of sp³-hybridized carbons (Fsp3) is 0.0345. The van der Waals surface area contributed by atoms with Crippen molar-refractivity contribution in [3.8, 4) is 20.9 Å². The molecule has 0 N–H and O–H groups in total. The van der Waals surface area contributed by atoms with Gasteiger partial charge in [0.2, 0.25) is 0 Å². The first kappa shape index (κ1) is 20.0. The van der Waals surface area contributed by atoms with Gasteiger partial charge in [0.15, 0.2) is 0 Å². The van der Waals surface area contributed by atoms with E-state index in [0.717, 1.165) is 53.6 Å². The predicted molar refractivity (Wildman–Crippen MR) is 133 cm³/mol. The van der Waals surface area contributed by atoms with Gasteiger partial charge >= 0.3 is 0 Å². The standard InChI is InChI=1S/C29H15F3S2/c1-14-4-2-5-21(30)24(14)25-15-8-10-33-28(15)19-13-18-20(12-17(19)25)29-16(9-11-34-29)26(18)27-22(31)6-3-7-23(27)32/h2-13H,1H3. The van der Waals surface area contributed by atoms with Crippen LogP contribution in [0, 0.1) is 24.4 Å². The van der Waals surface area contributed by atoms with Gasteiger partial charge in [-0.05, 0) is 76.1 Å². The van der Waals surface area contributed by atoms with E-state index < -0.39 is 11.6 Å². The summed E-state index contributed by atoms with van der Waals surface area (Å²) in [6, 6.07) is 17.2. The highest BCUT2D eigenvalue weighted by Crippen LogP contribution is 2.44. The molecule has 0 radical (unpaired) electrons. The summed E-state index contributed by atoms with van der Waals surface area (Å²) in [6.07, 6.45) is 0. The summed E-state index contributed by atoms with van der Waals surface area (Å²) in [4.78, 5) is 2.04. The molecule has 0 bridgehead atoms. The quantitative estimate of drug-likeness (QED) is 0.248. The normalized spacial score (nSPS) is 13.2. The Hall–Kier alpha value is -3.41. The lowest BCUT2D eigenvalue weighted by Crippen LogP contribution is -2.16. The molecule has 0 saturated heterocycles. The van der Waals surface area contributed by atoms with E-state index in [4.69, 9.17) is 0 Å². The van der Waals surface area contributed by atoms with Gasteiger partial charge in [0, 0.05) is 48.7 Å². The molecule has 0 atom stereocenters. The zero-order valence-electron chi connectivity index (χ0n) is 17.9. The van der Waals surface area contributed by atoms with Crippen LogP contribution in [0.3, 0.4) is 0 Å². The molecular weight excluding hydrogens is 469 g/mol. The first-order valence-electron chi connectivity index (χ1n) is 10.8. The molecule has 0 spiro atoms. The second-order valence-electron chi connectivity index (χ2n) is 8.55. The number of hydrogen-bond acceptors (Lipinski definition) is 2. The van der Waals surface area contributed by atoms with E-state index in [1.54, 1.807) is 28.7 Å². The van der Waals surface area contributed by atoms with Crippen molar-refractivity contribution in [3.05, 3.63) is 127 Å². The molecule has 7 rings (SSSR count). The highest BCUT2D eigenvalue weighted by atomic mass is 32.1. The molecule has 2 aromatic heterocycles. The molecule has 0 unspecified atom stereocenters. The third kappa shape index (κ3) is 2.54. The summed E-state index contributed by atoms with van der Waals surface area (Å²) >= 11 is 3.15. The third-order valence-corrected chi connectivity index (χ3v) is 8.63. The lowest BCUT2D eigenvalue weighted by atomic mass is 9.95. The van der Waals surface area contributed by atoms with Crippen LogP contribution in [-0.4, -0.2) is 0 Å². The van der Waals surface area contributed by atoms with Crippen molar-refractivity contribution < 1.29 is 13.2 Å². The molecule has 5 heteroatoms. The Balaban J connectivity index is 1.66. The maximum atomic E-state index is 15.1. The summed E-state index contributed by atoms with van der Waals surface area (Å²) in [5, 5.41) is 5.73. The number of thiophene rings is 2. The molecule has 3 aromatic carbocycles. The van der Waals surface area contributed by atoms with Crippen LogP contribution in [0.1, 0.15) is 27.8 Å². The Bertz CT molecular complexity index is 1630. The average Bonchev–Trinajstić information content (AvgIpc) is 3.56. The van der Waals surface area contributed by atoms with Crippen molar-refractivity contribution in [3.63, 3.8) is 0 Å². The minimum absolute atomic E-state index is 0.000554. The Kier molecular flexibility index (Phi) is 4.15. The van der Waals surface area contributed by atoms with E-state index in [-0.39, 0.29) is 11.4 Å². The molecule has 0 amide bonds. The van der Waals surface area contributed by atoms with Crippen LogP contribution in [0.2, 0.25) is 0 Å². The highest BCUT2D eigenvalue weighted by molar-refractivity contribution is 7.14. The minimum Gasteiger partial charge on any atom is -0.206 e. The molecule has 2 aliphatic rings. The Labute approximate surface area is 201 Å². The molecule has 164 valence electrons. The predicted octanol–water partition coefficient (Wildman–Crippen LogP) is 6.99. The fourth-order valence-corrected chi connectivity index (χ4v) is 7.20. The topological polar surface area (TPSA) is 0 Å². The minimum atomic E-state index is -0.577. The number of halogens is 3. The monoisotopic (exact) mass is 484 g/mol. The number of rotatable bonds is 2. The van der Waals surface area contributed by atoms with Crippen molar-refractivity contribution in [2.45, 2.75) is 6.92 Å². The van der Waals surface area contributed by atoms with Crippen LogP contribution >= 0.6 is 22.7 Å². The third-order valence-electron chi connectivity index (χ3n) is 6.74. The molecule has 0 saturated carbocycles. The number of benzene rings is 3. The molecule has 2 aliphatic carbocycles. The van der Waals surface area contributed by atoms with Gasteiger partial charge in [-0.2, -0.15) is 0 Å². The van der Waals surface area contributed by atoms with Crippen LogP contribution < -0.4 is 10.4 Å². The van der Waals surface area contributed by atoms with Crippen LogP contribution in [0.15, 0.2) is 71.4 Å². The summed E-state index contributed by atoms with van der Waals surface area (Å²) < 4.78 is 45.0. The zero-order valence-corrected chi connectivity index (χ0v) is 19.5. The summed E-state index contributed by atoms with van der Waals surface area (Å²) in [7, 11) is 0. The molecule has 2 heterocycles. The Morgan fingerprint density at radius 3 is 1.56 bits per heavy atom. The largest absolute Gasteiger partial charge is 0.206 e. The number of fused-ring (bicyclic) bond motifs is 6. The average molecular weight is 485 g/mol. The van der Waals surface area contributed by atoms with E-state index in [2.05, 4.69) is 6.07 Å². The maximum Gasteiger partial charge on any atom is 0.134 e.